The highest BCUT2D eigenvalue weighted by atomic mass is 15.2. The van der Waals surface area contributed by atoms with Crippen LogP contribution < -0.4 is 10.6 Å². The van der Waals surface area contributed by atoms with E-state index in [0.717, 1.165) is 24.8 Å². The highest BCUT2D eigenvalue weighted by Gasteiger charge is 2.24. The molecule has 1 saturated heterocycles. The molecule has 0 aromatic carbocycles. The van der Waals surface area contributed by atoms with E-state index in [-0.39, 0.29) is 0 Å². The van der Waals surface area contributed by atoms with Crippen LogP contribution in [-0.2, 0) is 12.8 Å². The Kier molecular flexibility index (Phi) is 3.55. The lowest BCUT2D eigenvalue weighted by atomic mass is 9.85. The Morgan fingerprint density at radius 3 is 2.89 bits per heavy atom. The molecule has 1 atom stereocenters. The number of aromatic amines is 1. The van der Waals surface area contributed by atoms with Crippen LogP contribution in [0.5, 0.6) is 0 Å². The fourth-order valence-electron chi connectivity index (χ4n) is 3.19. The summed E-state index contributed by atoms with van der Waals surface area (Å²) in [5.74, 6) is 1.98. The number of aromatic nitrogens is 2. The van der Waals surface area contributed by atoms with Crippen LogP contribution in [-0.4, -0.2) is 29.3 Å². The van der Waals surface area contributed by atoms with Crippen molar-refractivity contribution in [3.8, 4) is 0 Å². The Morgan fingerprint density at radius 2 is 2.11 bits per heavy atom. The first-order valence-electron chi connectivity index (χ1n) is 7.40. The minimum atomic E-state index is 0.598. The molecule has 2 heterocycles. The molecular formula is C14H24N4. The second-order valence-electron chi connectivity index (χ2n) is 5.72. The lowest BCUT2D eigenvalue weighted by Gasteiger charge is -2.25. The maximum absolute atomic E-state index is 4.50. The van der Waals surface area contributed by atoms with Gasteiger partial charge in [0.05, 0.1) is 0 Å². The van der Waals surface area contributed by atoms with Gasteiger partial charge in [-0.15, -0.1) is 0 Å². The van der Waals surface area contributed by atoms with E-state index in [9.17, 15) is 0 Å². The van der Waals surface area contributed by atoms with Gasteiger partial charge in [0.25, 0.3) is 0 Å². The van der Waals surface area contributed by atoms with Crippen molar-refractivity contribution in [3.63, 3.8) is 0 Å². The molecule has 0 saturated carbocycles. The molecule has 1 aliphatic heterocycles. The van der Waals surface area contributed by atoms with Gasteiger partial charge in [-0.3, -0.25) is 5.10 Å². The Morgan fingerprint density at radius 1 is 1.28 bits per heavy atom. The van der Waals surface area contributed by atoms with E-state index in [2.05, 4.69) is 27.8 Å². The molecule has 0 spiro atoms. The Balaban J connectivity index is 1.71. The molecule has 4 nitrogen and oxygen atoms in total. The smallest absolute Gasteiger partial charge is 0.151 e. The van der Waals surface area contributed by atoms with Gasteiger partial charge < -0.3 is 10.6 Å². The number of rotatable bonds is 3. The van der Waals surface area contributed by atoms with Gasteiger partial charge in [0.1, 0.15) is 0 Å². The quantitative estimate of drug-likeness (QED) is 0.767. The summed E-state index contributed by atoms with van der Waals surface area (Å²) in [7, 11) is 0. The summed E-state index contributed by atoms with van der Waals surface area (Å²) in [6, 6.07) is 0.598. The summed E-state index contributed by atoms with van der Waals surface area (Å²) in [5, 5.41) is 14.8. The van der Waals surface area contributed by atoms with Gasteiger partial charge in [0.15, 0.2) is 5.82 Å². The topological polar surface area (TPSA) is 52.7 Å². The zero-order valence-electron chi connectivity index (χ0n) is 11.3. The van der Waals surface area contributed by atoms with Crippen LogP contribution in [0.25, 0.3) is 0 Å². The van der Waals surface area contributed by atoms with E-state index in [4.69, 9.17) is 0 Å². The second kappa shape index (κ2) is 5.31. The number of H-pyrrole nitrogens is 1. The third-order valence-corrected chi connectivity index (χ3v) is 4.51. The monoisotopic (exact) mass is 248 g/mol. The van der Waals surface area contributed by atoms with Crippen LogP contribution in [0.4, 0.5) is 5.82 Å². The fraction of sp³-hybridized carbons (Fsp3) is 0.786. The van der Waals surface area contributed by atoms with Crippen LogP contribution in [0.1, 0.15) is 43.9 Å². The second-order valence-corrected chi connectivity index (χ2v) is 5.72. The summed E-state index contributed by atoms with van der Waals surface area (Å²) in [6.07, 6.45) is 7.40. The van der Waals surface area contributed by atoms with E-state index >= 15 is 0 Å². The van der Waals surface area contributed by atoms with Gasteiger partial charge in [-0.05, 0) is 51.1 Å². The van der Waals surface area contributed by atoms with Crippen molar-refractivity contribution < 1.29 is 0 Å². The molecule has 1 fully saturated rings. The largest absolute Gasteiger partial charge is 0.366 e. The van der Waals surface area contributed by atoms with Crippen LogP contribution >= 0.6 is 0 Å². The van der Waals surface area contributed by atoms with E-state index < -0.39 is 0 Å². The molecule has 4 heteroatoms. The van der Waals surface area contributed by atoms with Crippen molar-refractivity contribution in [2.24, 2.45) is 5.92 Å². The maximum Gasteiger partial charge on any atom is 0.151 e. The van der Waals surface area contributed by atoms with Gasteiger partial charge in [0, 0.05) is 17.3 Å². The van der Waals surface area contributed by atoms with Crippen molar-refractivity contribution in [1.29, 1.82) is 0 Å². The Hall–Kier alpha value is -1.03. The van der Waals surface area contributed by atoms with E-state index in [1.807, 2.05) is 0 Å². The van der Waals surface area contributed by atoms with Crippen LogP contribution in [0.15, 0.2) is 0 Å². The van der Waals surface area contributed by atoms with E-state index in [1.165, 1.54) is 49.8 Å². The molecular weight excluding hydrogens is 224 g/mol. The minimum Gasteiger partial charge on any atom is -0.366 e. The molecule has 0 amide bonds. The summed E-state index contributed by atoms with van der Waals surface area (Å²) < 4.78 is 0. The summed E-state index contributed by atoms with van der Waals surface area (Å²) in [5.41, 5.74) is 2.84. The predicted octanol–water partition coefficient (Wildman–Crippen LogP) is 2.09. The number of piperidine rings is 1. The Bertz CT molecular complexity index is 392. The lowest BCUT2D eigenvalue weighted by molar-refractivity contribution is 0.442. The lowest BCUT2D eigenvalue weighted by Crippen LogP contribution is -2.35. The SMILES string of the molecule is CCC1CCc2[nH]nc(NC3CCNCC3)c2C1. The number of fused-ring (bicyclic) bond motifs is 1. The Labute approximate surface area is 109 Å². The number of hydrogen-bond acceptors (Lipinski definition) is 3. The van der Waals surface area contributed by atoms with Gasteiger partial charge >= 0.3 is 0 Å². The molecule has 0 radical (unpaired) electrons. The first kappa shape index (κ1) is 12.0. The molecule has 2 aliphatic rings. The first-order chi connectivity index (χ1) is 8.86. The van der Waals surface area contributed by atoms with Gasteiger partial charge in [-0.25, -0.2) is 0 Å². The number of anilines is 1. The van der Waals surface area contributed by atoms with Crippen molar-refractivity contribution in [2.75, 3.05) is 18.4 Å². The standard InChI is InChI=1S/C14H24N4/c1-2-10-3-4-13-12(9-10)14(18-17-13)16-11-5-7-15-8-6-11/h10-11,15H,2-9H2,1H3,(H2,16,17,18). The zero-order valence-corrected chi connectivity index (χ0v) is 11.3. The minimum absolute atomic E-state index is 0.598. The molecule has 1 aliphatic carbocycles. The molecule has 18 heavy (non-hydrogen) atoms. The van der Waals surface area contributed by atoms with E-state index in [0.29, 0.717) is 6.04 Å². The van der Waals surface area contributed by atoms with Crippen LogP contribution in [0, 0.1) is 5.92 Å². The van der Waals surface area contributed by atoms with Gasteiger partial charge in [-0.1, -0.05) is 13.3 Å². The molecule has 1 aromatic heterocycles. The zero-order chi connectivity index (χ0) is 12.4. The van der Waals surface area contributed by atoms with Crippen LogP contribution in [0.3, 0.4) is 0 Å². The summed E-state index contributed by atoms with van der Waals surface area (Å²) >= 11 is 0. The number of nitrogens with one attached hydrogen (secondary N) is 3. The van der Waals surface area contributed by atoms with Crippen molar-refractivity contribution in [2.45, 2.75) is 51.5 Å². The number of hydrogen-bond donors (Lipinski definition) is 3. The average Bonchev–Trinajstić information content (AvgIpc) is 2.82. The summed E-state index contributed by atoms with van der Waals surface area (Å²) in [4.78, 5) is 0. The van der Waals surface area contributed by atoms with Crippen molar-refractivity contribution in [1.82, 2.24) is 15.5 Å². The highest BCUT2D eigenvalue weighted by molar-refractivity contribution is 5.48. The average molecular weight is 248 g/mol. The van der Waals surface area contributed by atoms with E-state index in [1.54, 1.807) is 0 Å². The van der Waals surface area contributed by atoms with Gasteiger partial charge in [0.2, 0.25) is 0 Å². The maximum atomic E-state index is 4.50. The third kappa shape index (κ3) is 2.39. The van der Waals surface area contributed by atoms with Crippen molar-refractivity contribution in [3.05, 3.63) is 11.3 Å². The predicted molar refractivity (Wildman–Crippen MR) is 73.9 cm³/mol. The molecule has 1 aromatic rings. The number of nitrogens with zero attached hydrogens (tertiary/aromatic N) is 1. The number of aryl methyl sites for hydroxylation is 1. The molecule has 0 bridgehead atoms. The van der Waals surface area contributed by atoms with Crippen molar-refractivity contribution >= 4 is 5.82 Å². The molecule has 3 rings (SSSR count). The molecule has 1 unspecified atom stereocenters. The highest BCUT2D eigenvalue weighted by Crippen LogP contribution is 2.31. The fourth-order valence-corrected chi connectivity index (χ4v) is 3.19. The van der Waals surface area contributed by atoms with Crippen LogP contribution in [0.2, 0.25) is 0 Å². The molecule has 100 valence electrons. The first-order valence-corrected chi connectivity index (χ1v) is 7.40. The third-order valence-electron chi connectivity index (χ3n) is 4.51. The normalized spacial score (nSPS) is 24.8. The summed E-state index contributed by atoms with van der Waals surface area (Å²) in [6.45, 7) is 4.55. The molecule has 3 N–H and O–H groups in total. The van der Waals surface area contributed by atoms with Gasteiger partial charge in [-0.2, -0.15) is 5.10 Å².